The smallest absolute Gasteiger partial charge is 0.330 e. The first-order valence-electron chi connectivity index (χ1n) is 8.63. The third kappa shape index (κ3) is 3.29. The molecule has 3 atom stereocenters. The van der Waals surface area contributed by atoms with Gasteiger partial charge in [-0.2, -0.15) is 5.06 Å². The highest BCUT2D eigenvalue weighted by Crippen LogP contribution is 2.43. The highest BCUT2D eigenvalue weighted by molar-refractivity contribution is 5.84. The van der Waals surface area contributed by atoms with E-state index in [4.69, 9.17) is 9.57 Å². The van der Waals surface area contributed by atoms with Crippen molar-refractivity contribution in [2.45, 2.75) is 51.3 Å². The molecule has 0 unspecified atom stereocenters. The van der Waals surface area contributed by atoms with Crippen molar-refractivity contribution in [2.24, 2.45) is 5.92 Å². The number of benzene rings is 1. The SMILES string of the molecule is CCOC(=O)[C@H]1C(=C=O)[C@H]2CCCC[C@H]2N1OCc1ccccc1. The highest BCUT2D eigenvalue weighted by atomic mass is 16.7. The summed E-state index contributed by atoms with van der Waals surface area (Å²) in [5, 5.41) is 1.70. The molecule has 0 amide bonds. The van der Waals surface area contributed by atoms with Gasteiger partial charge in [-0.15, -0.1) is 0 Å². The van der Waals surface area contributed by atoms with Gasteiger partial charge in [0, 0.05) is 17.5 Å². The number of carbonyl (C=O) groups is 1. The first-order valence-corrected chi connectivity index (χ1v) is 8.63. The minimum atomic E-state index is -0.765. The minimum Gasteiger partial charge on any atom is -0.464 e. The van der Waals surface area contributed by atoms with Crippen LogP contribution in [-0.2, 0) is 25.8 Å². The van der Waals surface area contributed by atoms with Gasteiger partial charge in [-0.1, -0.05) is 43.2 Å². The van der Waals surface area contributed by atoms with Crippen LogP contribution in [0.3, 0.4) is 0 Å². The Bertz CT molecular complexity index is 624. The molecule has 0 bridgehead atoms. The number of fused-ring (bicyclic) bond motifs is 1. The maximum absolute atomic E-state index is 12.4. The molecule has 0 radical (unpaired) electrons. The number of ether oxygens (including phenoxy) is 1. The molecule has 1 aliphatic carbocycles. The third-order valence-electron chi connectivity index (χ3n) is 4.86. The van der Waals surface area contributed by atoms with Gasteiger partial charge in [0.1, 0.15) is 5.94 Å². The summed E-state index contributed by atoms with van der Waals surface area (Å²) in [7, 11) is 0. The first-order chi connectivity index (χ1) is 11.8. The monoisotopic (exact) mass is 329 g/mol. The van der Waals surface area contributed by atoms with Gasteiger partial charge in [0.15, 0.2) is 6.04 Å². The molecule has 1 saturated carbocycles. The zero-order valence-electron chi connectivity index (χ0n) is 13.9. The average Bonchev–Trinajstić information content (AvgIpc) is 2.94. The molecule has 2 aliphatic rings. The normalized spacial score (nSPS) is 26.7. The van der Waals surface area contributed by atoms with Crippen LogP contribution in [0.25, 0.3) is 0 Å². The summed E-state index contributed by atoms with van der Waals surface area (Å²) >= 11 is 0. The topological polar surface area (TPSA) is 55.8 Å². The van der Waals surface area contributed by atoms with Gasteiger partial charge in [0.05, 0.1) is 13.2 Å². The second kappa shape index (κ2) is 7.75. The summed E-state index contributed by atoms with van der Waals surface area (Å²) in [6.07, 6.45) is 3.96. The maximum atomic E-state index is 12.4. The van der Waals surface area contributed by atoms with Crippen LogP contribution in [0, 0.1) is 5.92 Å². The van der Waals surface area contributed by atoms with Gasteiger partial charge in [-0.3, -0.25) is 4.84 Å². The lowest BCUT2D eigenvalue weighted by molar-refractivity contribution is -0.215. The largest absolute Gasteiger partial charge is 0.464 e. The van der Waals surface area contributed by atoms with Crippen LogP contribution in [0.5, 0.6) is 0 Å². The lowest BCUT2D eigenvalue weighted by Gasteiger charge is -2.31. The fraction of sp³-hybridized carbons (Fsp3) is 0.526. The zero-order valence-corrected chi connectivity index (χ0v) is 13.9. The van der Waals surface area contributed by atoms with Crippen molar-refractivity contribution in [3.63, 3.8) is 0 Å². The molecule has 1 saturated heterocycles. The molecular formula is C19H23NO4. The Morgan fingerprint density at radius 2 is 2.00 bits per heavy atom. The van der Waals surface area contributed by atoms with Crippen molar-refractivity contribution in [2.75, 3.05) is 6.61 Å². The number of rotatable bonds is 5. The van der Waals surface area contributed by atoms with Crippen molar-refractivity contribution in [1.29, 1.82) is 0 Å². The Balaban J connectivity index is 1.83. The Morgan fingerprint density at radius 1 is 1.25 bits per heavy atom. The predicted molar refractivity (Wildman–Crippen MR) is 88.4 cm³/mol. The molecular weight excluding hydrogens is 306 g/mol. The number of nitrogens with zero attached hydrogens (tertiary/aromatic N) is 1. The molecule has 128 valence electrons. The Hall–Kier alpha value is -1.94. The van der Waals surface area contributed by atoms with E-state index in [2.05, 4.69) is 0 Å². The molecule has 0 aromatic heterocycles. The van der Waals surface area contributed by atoms with E-state index in [0.717, 1.165) is 31.2 Å². The fourth-order valence-electron chi connectivity index (χ4n) is 3.79. The number of esters is 1. The van der Waals surface area contributed by atoms with Gasteiger partial charge in [-0.05, 0) is 25.3 Å². The third-order valence-corrected chi connectivity index (χ3v) is 4.86. The molecule has 1 aromatic rings. The number of hydrogen-bond acceptors (Lipinski definition) is 5. The lowest BCUT2D eigenvalue weighted by atomic mass is 9.82. The standard InChI is InChI=1S/C19H23NO4/c1-2-23-19(22)18-16(12-21)15-10-6-7-11-17(15)20(18)24-13-14-8-4-3-5-9-14/h3-5,8-9,15,17-18H,2,6-7,10-11,13H2,1H3/t15-,17-,18-/m1/s1. The quantitative estimate of drug-likeness (QED) is 0.614. The zero-order chi connectivity index (χ0) is 16.9. The molecule has 24 heavy (non-hydrogen) atoms. The van der Waals surface area contributed by atoms with Crippen LogP contribution in [0.15, 0.2) is 35.9 Å². The Kier molecular flexibility index (Phi) is 5.46. The van der Waals surface area contributed by atoms with Crippen LogP contribution in [-0.4, -0.2) is 35.7 Å². The molecule has 0 N–H and O–H groups in total. The lowest BCUT2D eigenvalue weighted by Crippen LogP contribution is -2.43. The number of carbonyl (C=O) groups excluding carboxylic acids is 2. The molecule has 3 rings (SSSR count). The van der Waals surface area contributed by atoms with Crippen LogP contribution in [0.4, 0.5) is 0 Å². The molecule has 2 fully saturated rings. The van der Waals surface area contributed by atoms with Crippen molar-refractivity contribution in [3.8, 4) is 0 Å². The van der Waals surface area contributed by atoms with E-state index in [0.29, 0.717) is 12.2 Å². The van der Waals surface area contributed by atoms with Crippen molar-refractivity contribution in [1.82, 2.24) is 5.06 Å². The van der Waals surface area contributed by atoms with Crippen molar-refractivity contribution in [3.05, 3.63) is 41.5 Å². The van der Waals surface area contributed by atoms with Crippen LogP contribution in [0.2, 0.25) is 0 Å². The first kappa shape index (κ1) is 16.9. The summed E-state index contributed by atoms with van der Waals surface area (Å²) in [6.45, 7) is 2.41. The van der Waals surface area contributed by atoms with E-state index in [9.17, 15) is 9.59 Å². The summed E-state index contributed by atoms with van der Waals surface area (Å²) in [5.74, 6) is 1.65. The molecule has 5 nitrogen and oxygen atoms in total. The van der Waals surface area contributed by atoms with Crippen LogP contribution in [0.1, 0.15) is 38.2 Å². The fourth-order valence-corrected chi connectivity index (χ4v) is 3.79. The summed E-state index contributed by atoms with van der Waals surface area (Å²) in [5.41, 5.74) is 1.52. The molecule has 1 aromatic carbocycles. The number of hydrogen-bond donors (Lipinski definition) is 0. The van der Waals surface area contributed by atoms with Gasteiger partial charge < -0.3 is 4.74 Å². The predicted octanol–water partition coefficient (Wildman–Crippen LogP) is 2.68. The molecule has 1 heterocycles. The summed E-state index contributed by atoms with van der Waals surface area (Å²) in [6, 6.07) is 9.09. The molecule has 0 spiro atoms. The van der Waals surface area contributed by atoms with Crippen molar-refractivity contribution >= 4 is 11.9 Å². The maximum Gasteiger partial charge on any atom is 0.330 e. The van der Waals surface area contributed by atoms with Crippen LogP contribution < -0.4 is 0 Å². The second-order valence-corrected chi connectivity index (χ2v) is 6.29. The molecule has 1 aliphatic heterocycles. The van der Waals surface area contributed by atoms with Crippen molar-refractivity contribution < 1.29 is 19.2 Å². The minimum absolute atomic E-state index is 0.0430. The van der Waals surface area contributed by atoms with E-state index in [-0.39, 0.29) is 18.6 Å². The van der Waals surface area contributed by atoms with E-state index in [1.807, 2.05) is 36.3 Å². The van der Waals surface area contributed by atoms with Gasteiger partial charge >= 0.3 is 5.97 Å². The van der Waals surface area contributed by atoms with Gasteiger partial charge in [0.2, 0.25) is 0 Å². The van der Waals surface area contributed by atoms with E-state index in [1.54, 1.807) is 12.0 Å². The van der Waals surface area contributed by atoms with Gasteiger partial charge in [0.25, 0.3) is 0 Å². The van der Waals surface area contributed by atoms with Crippen LogP contribution >= 0.6 is 0 Å². The van der Waals surface area contributed by atoms with Gasteiger partial charge in [-0.25, -0.2) is 9.59 Å². The summed E-state index contributed by atoms with van der Waals surface area (Å²) < 4.78 is 5.19. The van der Waals surface area contributed by atoms with E-state index in [1.165, 1.54) is 0 Å². The Labute approximate surface area is 142 Å². The van der Waals surface area contributed by atoms with E-state index >= 15 is 0 Å². The summed E-state index contributed by atoms with van der Waals surface area (Å²) in [4.78, 5) is 30.0. The highest BCUT2D eigenvalue weighted by Gasteiger charge is 2.51. The second-order valence-electron chi connectivity index (χ2n) is 6.29. The van der Waals surface area contributed by atoms with E-state index < -0.39 is 12.0 Å². The molecule has 5 heteroatoms. The number of hydroxylamine groups is 2. The average molecular weight is 329 g/mol. The Morgan fingerprint density at radius 3 is 2.71 bits per heavy atom.